The van der Waals surface area contributed by atoms with Crippen LogP contribution in [0.15, 0.2) is 0 Å². The van der Waals surface area contributed by atoms with Crippen molar-refractivity contribution in [3.8, 4) is 17.2 Å². The van der Waals surface area contributed by atoms with E-state index in [-0.39, 0.29) is 11.5 Å². The Hall–Kier alpha value is -1.91. The maximum absolute atomic E-state index is 10.9. The number of rotatable bonds is 11. The zero-order valence-corrected chi connectivity index (χ0v) is 16.0. The Morgan fingerprint density at radius 3 is 1.96 bits per heavy atom. The quantitative estimate of drug-likeness (QED) is 0.295. The van der Waals surface area contributed by atoms with E-state index < -0.39 is 6.16 Å². The summed E-state index contributed by atoms with van der Waals surface area (Å²) in [5, 5.41) is 19.1. The van der Waals surface area contributed by atoms with Crippen LogP contribution in [0.1, 0.15) is 75.0 Å². The number of hydrogen-bond acceptors (Lipinski definition) is 4. The number of aromatic hydroxyl groups is 1. The molecule has 0 radical (unpaired) electrons. The lowest BCUT2D eigenvalue weighted by Crippen LogP contribution is -2.09. The summed E-state index contributed by atoms with van der Waals surface area (Å²) in [6, 6.07) is 0. The van der Waals surface area contributed by atoms with Gasteiger partial charge in [0.2, 0.25) is 5.75 Å². The zero-order valence-electron chi connectivity index (χ0n) is 16.0. The number of phenolic OH excluding ortho intramolecular Hbond substituents is 1. The molecule has 0 saturated heterocycles. The molecule has 0 aliphatic carbocycles. The van der Waals surface area contributed by atoms with Crippen LogP contribution in [0.5, 0.6) is 17.2 Å². The highest BCUT2D eigenvalue weighted by Gasteiger charge is 2.22. The van der Waals surface area contributed by atoms with Crippen LogP contribution in [0.25, 0.3) is 0 Å². The van der Waals surface area contributed by atoms with Crippen molar-refractivity contribution in [3.05, 3.63) is 16.7 Å². The average Bonchev–Trinajstić information content (AvgIpc) is 2.58. The molecule has 0 atom stereocenters. The highest BCUT2D eigenvalue weighted by atomic mass is 16.7. The van der Waals surface area contributed by atoms with Crippen LogP contribution in [0.3, 0.4) is 0 Å². The van der Waals surface area contributed by atoms with E-state index in [2.05, 4.69) is 6.92 Å². The molecule has 0 aromatic heterocycles. The Kier molecular flexibility index (Phi) is 9.17. The fraction of sp³-hybridized carbons (Fsp3) is 0.650. The lowest BCUT2D eigenvalue weighted by atomic mass is 10.0. The van der Waals surface area contributed by atoms with Gasteiger partial charge in [0, 0.05) is 0 Å². The summed E-state index contributed by atoms with van der Waals surface area (Å²) in [5.41, 5.74) is 2.28. The SMILES string of the molecule is CCCCCCCCCCOc1c(C)c(C)c(C)c(O)c1OC(=O)O. The van der Waals surface area contributed by atoms with Crippen LogP contribution in [0.2, 0.25) is 0 Å². The molecule has 2 N–H and O–H groups in total. The van der Waals surface area contributed by atoms with E-state index in [1.807, 2.05) is 13.8 Å². The van der Waals surface area contributed by atoms with Gasteiger partial charge < -0.3 is 19.7 Å². The molecule has 0 spiro atoms. The van der Waals surface area contributed by atoms with Crippen LogP contribution in [0, 0.1) is 20.8 Å². The zero-order chi connectivity index (χ0) is 18.8. The van der Waals surface area contributed by atoms with Crippen molar-refractivity contribution < 1.29 is 24.5 Å². The average molecular weight is 352 g/mol. The second kappa shape index (κ2) is 10.9. The predicted octanol–water partition coefficient (Wildman–Crippen LogP) is 5.89. The number of ether oxygens (including phenoxy) is 2. The minimum Gasteiger partial charge on any atom is -0.504 e. The first-order valence-electron chi connectivity index (χ1n) is 9.26. The van der Waals surface area contributed by atoms with Crippen LogP contribution >= 0.6 is 0 Å². The van der Waals surface area contributed by atoms with Gasteiger partial charge in [0.15, 0.2) is 11.5 Å². The van der Waals surface area contributed by atoms with E-state index in [0.717, 1.165) is 24.0 Å². The Morgan fingerprint density at radius 2 is 1.40 bits per heavy atom. The first kappa shape index (κ1) is 21.1. The van der Waals surface area contributed by atoms with E-state index in [0.29, 0.717) is 17.9 Å². The molecule has 0 unspecified atom stereocenters. The van der Waals surface area contributed by atoms with Crippen molar-refractivity contribution in [2.45, 2.75) is 79.1 Å². The van der Waals surface area contributed by atoms with Gasteiger partial charge in [-0.25, -0.2) is 4.79 Å². The van der Waals surface area contributed by atoms with Crippen molar-refractivity contribution in [3.63, 3.8) is 0 Å². The highest BCUT2D eigenvalue weighted by Crippen LogP contribution is 2.44. The molecule has 0 bridgehead atoms. The normalized spacial score (nSPS) is 10.7. The van der Waals surface area contributed by atoms with Gasteiger partial charge in [0.1, 0.15) is 0 Å². The number of phenols is 1. The molecule has 0 saturated carbocycles. The summed E-state index contributed by atoms with van der Waals surface area (Å²) in [5.74, 6) is 0.0510. The predicted molar refractivity (Wildman–Crippen MR) is 99.1 cm³/mol. The van der Waals surface area contributed by atoms with Crippen molar-refractivity contribution >= 4 is 6.16 Å². The number of hydrogen-bond donors (Lipinski definition) is 2. The molecule has 5 nitrogen and oxygen atoms in total. The van der Waals surface area contributed by atoms with E-state index >= 15 is 0 Å². The van der Waals surface area contributed by atoms with E-state index in [9.17, 15) is 9.90 Å². The third-order valence-electron chi connectivity index (χ3n) is 4.68. The van der Waals surface area contributed by atoms with Gasteiger partial charge in [0.25, 0.3) is 0 Å². The molecular formula is C20H32O5. The minimum atomic E-state index is -1.46. The molecule has 0 heterocycles. The molecule has 0 aliphatic heterocycles. The molecule has 1 aromatic carbocycles. The third kappa shape index (κ3) is 6.48. The monoisotopic (exact) mass is 352 g/mol. The second-order valence-corrected chi connectivity index (χ2v) is 6.57. The summed E-state index contributed by atoms with van der Waals surface area (Å²) < 4.78 is 10.5. The van der Waals surface area contributed by atoms with Gasteiger partial charge in [-0.15, -0.1) is 0 Å². The van der Waals surface area contributed by atoms with Crippen molar-refractivity contribution in [2.24, 2.45) is 0 Å². The Bertz CT molecular complexity index is 566. The fourth-order valence-electron chi connectivity index (χ4n) is 2.84. The van der Waals surface area contributed by atoms with Gasteiger partial charge in [-0.05, 0) is 43.9 Å². The maximum Gasteiger partial charge on any atom is 0.511 e. The van der Waals surface area contributed by atoms with Gasteiger partial charge in [-0.3, -0.25) is 0 Å². The summed E-state index contributed by atoms with van der Waals surface area (Å²) in [6.45, 7) is 8.15. The molecule has 0 amide bonds. The largest absolute Gasteiger partial charge is 0.511 e. The van der Waals surface area contributed by atoms with Crippen molar-refractivity contribution in [2.75, 3.05) is 6.61 Å². The Labute approximate surface area is 151 Å². The number of carboxylic acid groups (broad SMARTS) is 1. The van der Waals surface area contributed by atoms with Crippen LogP contribution in [-0.4, -0.2) is 23.0 Å². The Balaban J connectivity index is 2.58. The molecule has 5 heteroatoms. The van der Waals surface area contributed by atoms with E-state index in [1.165, 1.54) is 38.5 Å². The summed E-state index contributed by atoms with van der Waals surface area (Å²) >= 11 is 0. The van der Waals surface area contributed by atoms with E-state index in [1.54, 1.807) is 6.92 Å². The van der Waals surface area contributed by atoms with Crippen LogP contribution < -0.4 is 9.47 Å². The number of unbranched alkanes of at least 4 members (excludes halogenated alkanes) is 7. The molecule has 25 heavy (non-hydrogen) atoms. The topological polar surface area (TPSA) is 76.0 Å². The molecule has 142 valence electrons. The smallest absolute Gasteiger partial charge is 0.504 e. The van der Waals surface area contributed by atoms with Crippen LogP contribution in [0.4, 0.5) is 4.79 Å². The first-order valence-corrected chi connectivity index (χ1v) is 9.26. The standard InChI is InChI=1S/C20H32O5/c1-5-6-7-8-9-10-11-12-13-24-18-16(4)14(2)15(3)17(21)19(18)25-20(22)23/h21H,5-13H2,1-4H3,(H,22,23). The van der Waals surface area contributed by atoms with Crippen molar-refractivity contribution in [1.29, 1.82) is 0 Å². The Morgan fingerprint density at radius 1 is 0.840 bits per heavy atom. The van der Waals surface area contributed by atoms with Gasteiger partial charge in [-0.1, -0.05) is 51.9 Å². The van der Waals surface area contributed by atoms with Crippen LogP contribution in [-0.2, 0) is 0 Å². The summed E-state index contributed by atoms with van der Waals surface area (Å²) in [4.78, 5) is 10.9. The highest BCUT2D eigenvalue weighted by molar-refractivity contribution is 5.69. The second-order valence-electron chi connectivity index (χ2n) is 6.57. The first-order chi connectivity index (χ1) is 11.9. The van der Waals surface area contributed by atoms with Gasteiger partial charge in [-0.2, -0.15) is 0 Å². The minimum absolute atomic E-state index is 0.104. The number of carbonyl (C=O) groups is 1. The lowest BCUT2D eigenvalue weighted by molar-refractivity contribution is 0.140. The number of benzene rings is 1. The van der Waals surface area contributed by atoms with Crippen molar-refractivity contribution in [1.82, 2.24) is 0 Å². The molecular weight excluding hydrogens is 320 g/mol. The third-order valence-corrected chi connectivity index (χ3v) is 4.68. The summed E-state index contributed by atoms with van der Waals surface area (Å²) in [7, 11) is 0. The molecule has 0 fully saturated rings. The molecule has 1 aromatic rings. The van der Waals surface area contributed by atoms with Gasteiger partial charge >= 0.3 is 6.16 Å². The molecule has 0 aliphatic rings. The maximum atomic E-state index is 10.9. The lowest BCUT2D eigenvalue weighted by Gasteiger charge is -2.18. The van der Waals surface area contributed by atoms with Gasteiger partial charge in [0.05, 0.1) is 6.61 Å². The fourth-order valence-corrected chi connectivity index (χ4v) is 2.84. The summed E-state index contributed by atoms with van der Waals surface area (Å²) in [6.07, 6.45) is 8.11. The molecule has 1 rings (SSSR count). The van der Waals surface area contributed by atoms with E-state index in [4.69, 9.17) is 14.6 Å².